The fraction of sp³-hybridized carbons (Fsp3) is 0.409. The number of nitrogens with one attached hydrogen (secondary N) is 4. The summed E-state index contributed by atoms with van der Waals surface area (Å²) in [7, 11) is 0. The smallest absolute Gasteiger partial charge is 0.328 e. The maximum absolute atomic E-state index is 12.6. The van der Waals surface area contributed by atoms with E-state index in [9.17, 15) is 29.1 Å². The van der Waals surface area contributed by atoms with Crippen molar-refractivity contribution in [2.75, 3.05) is 0 Å². The van der Waals surface area contributed by atoms with E-state index in [0.29, 0.717) is 0 Å². The van der Waals surface area contributed by atoms with Crippen molar-refractivity contribution in [2.45, 2.75) is 57.0 Å². The highest BCUT2D eigenvalue weighted by Crippen LogP contribution is 2.18. The molecule has 0 aliphatic rings. The number of amides is 3. The van der Waals surface area contributed by atoms with Crippen LogP contribution in [0.15, 0.2) is 30.5 Å². The molecule has 1 aromatic carbocycles. The summed E-state index contributed by atoms with van der Waals surface area (Å²) in [5.41, 5.74) is 7.61. The van der Waals surface area contributed by atoms with Gasteiger partial charge in [0.25, 0.3) is 0 Å². The van der Waals surface area contributed by atoms with Crippen LogP contribution in [0.2, 0.25) is 0 Å². The molecule has 0 bridgehead atoms. The molecule has 2 aromatic rings. The van der Waals surface area contributed by atoms with Crippen molar-refractivity contribution in [2.24, 2.45) is 5.73 Å². The van der Waals surface area contributed by atoms with E-state index in [1.54, 1.807) is 6.20 Å². The third kappa shape index (κ3) is 7.52. The molecule has 3 amide bonds. The molecule has 5 atom stereocenters. The number of carbonyl (C=O) groups excluding carboxylic acids is 3. The van der Waals surface area contributed by atoms with Crippen LogP contribution in [0.3, 0.4) is 0 Å². The van der Waals surface area contributed by atoms with E-state index < -0.39 is 66.4 Å². The topological polar surface area (TPSA) is 224 Å². The normalized spacial score (nSPS) is 15.3. The highest BCUT2D eigenvalue weighted by molar-refractivity contribution is 5.95. The number of carboxylic acids is 2. The molecule has 0 aliphatic carbocycles. The number of H-pyrrole nitrogens is 1. The molecule has 0 saturated carbocycles. The van der Waals surface area contributed by atoms with Crippen molar-refractivity contribution >= 4 is 40.6 Å². The average molecular weight is 492 g/mol. The van der Waals surface area contributed by atoms with Gasteiger partial charge in [0.05, 0.1) is 18.6 Å². The number of fused-ring (bicyclic) bond motifs is 1. The molecule has 2 rings (SSSR count). The van der Waals surface area contributed by atoms with Gasteiger partial charge in [-0.1, -0.05) is 18.2 Å². The van der Waals surface area contributed by atoms with E-state index in [1.165, 1.54) is 13.8 Å². The predicted molar refractivity (Wildman–Crippen MR) is 123 cm³/mol. The van der Waals surface area contributed by atoms with Gasteiger partial charge < -0.3 is 42.0 Å². The summed E-state index contributed by atoms with van der Waals surface area (Å²) in [5, 5.41) is 35.2. The zero-order valence-corrected chi connectivity index (χ0v) is 19.1. The fourth-order valence-electron chi connectivity index (χ4n) is 3.34. The molecule has 0 radical (unpaired) electrons. The molecule has 0 fully saturated rings. The second-order valence-electron chi connectivity index (χ2n) is 8.12. The molecule has 13 nitrogen and oxygen atoms in total. The zero-order valence-electron chi connectivity index (χ0n) is 19.1. The molecule has 0 spiro atoms. The Kier molecular flexibility index (Phi) is 9.31. The first kappa shape index (κ1) is 27.3. The average Bonchev–Trinajstić information content (AvgIpc) is 3.18. The number of rotatable bonds is 12. The number of carbonyl (C=O) groups is 5. The Morgan fingerprint density at radius 3 is 2.23 bits per heavy atom. The van der Waals surface area contributed by atoms with Crippen LogP contribution in [0.4, 0.5) is 0 Å². The van der Waals surface area contributed by atoms with Crippen LogP contribution >= 0.6 is 0 Å². The molecular weight excluding hydrogens is 462 g/mol. The van der Waals surface area contributed by atoms with Gasteiger partial charge in [-0.2, -0.15) is 0 Å². The standard InChI is InChI=1S/C22H29N5O8/c1-10(19(31)27-18(11(2)28)22(34)35)25-21(33)16(8-17(29)30)26-20(32)14(23)7-12-9-24-15-6-4-3-5-13(12)15/h3-6,9-11,14,16,18,24,28H,7-8,23H2,1-2H3,(H,25,33)(H,26,32)(H,27,31)(H,29,30)(H,34,35). The molecule has 0 saturated heterocycles. The first-order chi connectivity index (χ1) is 16.4. The highest BCUT2D eigenvalue weighted by atomic mass is 16.4. The molecule has 13 heteroatoms. The van der Waals surface area contributed by atoms with Gasteiger partial charge in [0.15, 0.2) is 6.04 Å². The van der Waals surface area contributed by atoms with Gasteiger partial charge in [-0.15, -0.1) is 0 Å². The molecule has 1 aromatic heterocycles. The SMILES string of the molecule is CC(NC(=O)C(CC(=O)O)NC(=O)C(N)Cc1c[nH]c2ccccc12)C(=O)NC(C(=O)O)C(C)O. The highest BCUT2D eigenvalue weighted by Gasteiger charge is 2.31. The van der Waals surface area contributed by atoms with Crippen LogP contribution in [0.5, 0.6) is 0 Å². The zero-order chi connectivity index (χ0) is 26.3. The van der Waals surface area contributed by atoms with Crippen molar-refractivity contribution in [1.82, 2.24) is 20.9 Å². The Morgan fingerprint density at radius 2 is 1.63 bits per heavy atom. The van der Waals surface area contributed by atoms with Gasteiger partial charge in [-0.3, -0.25) is 19.2 Å². The quantitative estimate of drug-likeness (QED) is 0.172. The lowest BCUT2D eigenvalue weighted by atomic mass is 10.0. The minimum absolute atomic E-state index is 0.117. The van der Waals surface area contributed by atoms with Gasteiger partial charge in [-0.05, 0) is 31.9 Å². The number of hydrogen-bond acceptors (Lipinski definition) is 7. The molecule has 5 unspecified atom stereocenters. The first-order valence-corrected chi connectivity index (χ1v) is 10.7. The molecule has 190 valence electrons. The third-order valence-corrected chi connectivity index (χ3v) is 5.26. The van der Waals surface area contributed by atoms with E-state index in [2.05, 4.69) is 20.9 Å². The largest absolute Gasteiger partial charge is 0.481 e. The number of hydrogen-bond donors (Lipinski definition) is 8. The minimum atomic E-state index is -1.61. The number of carboxylic acid groups (broad SMARTS) is 2. The van der Waals surface area contributed by atoms with E-state index in [0.717, 1.165) is 16.5 Å². The Bertz CT molecular complexity index is 1100. The maximum Gasteiger partial charge on any atom is 0.328 e. The van der Waals surface area contributed by atoms with E-state index in [1.807, 2.05) is 24.3 Å². The van der Waals surface area contributed by atoms with Crippen molar-refractivity contribution in [1.29, 1.82) is 0 Å². The van der Waals surface area contributed by atoms with Crippen LogP contribution in [-0.2, 0) is 30.4 Å². The lowest BCUT2D eigenvalue weighted by Gasteiger charge is -2.23. The number of benzene rings is 1. The van der Waals surface area contributed by atoms with Gasteiger partial charge in [0.1, 0.15) is 12.1 Å². The monoisotopic (exact) mass is 491 g/mol. The number of aliphatic hydroxyl groups excluding tert-OH is 1. The Hall–Kier alpha value is -3.97. The summed E-state index contributed by atoms with van der Waals surface area (Å²) >= 11 is 0. The fourth-order valence-corrected chi connectivity index (χ4v) is 3.34. The number of aromatic nitrogens is 1. The van der Waals surface area contributed by atoms with Gasteiger partial charge in [-0.25, -0.2) is 4.79 Å². The van der Waals surface area contributed by atoms with Crippen molar-refractivity contribution in [3.05, 3.63) is 36.0 Å². The molecule has 35 heavy (non-hydrogen) atoms. The Labute approximate surface area is 200 Å². The summed E-state index contributed by atoms with van der Waals surface area (Å²) in [6.45, 7) is 2.40. The van der Waals surface area contributed by atoms with Crippen molar-refractivity contribution < 1.29 is 39.3 Å². The van der Waals surface area contributed by atoms with Gasteiger partial charge in [0, 0.05) is 17.1 Å². The molecule has 1 heterocycles. The summed E-state index contributed by atoms with van der Waals surface area (Å²) in [6, 6.07) is 1.83. The molecular formula is C22H29N5O8. The van der Waals surface area contributed by atoms with Crippen molar-refractivity contribution in [3.8, 4) is 0 Å². The van der Waals surface area contributed by atoms with E-state index >= 15 is 0 Å². The summed E-state index contributed by atoms with van der Waals surface area (Å²) in [6.07, 6.45) is -0.364. The predicted octanol–water partition coefficient (Wildman–Crippen LogP) is -1.55. The number of para-hydroxylation sites is 1. The lowest BCUT2D eigenvalue weighted by molar-refractivity contribution is -0.145. The van der Waals surface area contributed by atoms with Crippen LogP contribution in [0.25, 0.3) is 10.9 Å². The number of aliphatic hydroxyl groups is 1. The summed E-state index contributed by atoms with van der Waals surface area (Å²) in [5.74, 6) is -5.54. The second kappa shape index (κ2) is 11.9. The summed E-state index contributed by atoms with van der Waals surface area (Å²) in [4.78, 5) is 62.9. The van der Waals surface area contributed by atoms with E-state index in [4.69, 9.17) is 15.9 Å². The third-order valence-electron chi connectivity index (χ3n) is 5.26. The number of aliphatic carboxylic acids is 2. The Morgan fingerprint density at radius 1 is 0.971 bits per heavy atom. The molecule has 9 N–H and O–H groups in total. The first-order valence-electron chi connectivity index (χ1n) is 10.7. The second-order valence-corrected chi connectivity index (χ2v) is 8.12. The minimum Gasteiger partial charge on any atom is -0.481 e. The van der Waals surface area contributed by atoms with Crippen LogP contribution in [0.1, 0.15) is 25.8 Å². The Balaban J connectivity index is 2.03. The number of aromatic amines is 1. The van der Waals surface area contributed by atoms with Crippen LogP contribution < -0.4 is 21.7 Å². The number of nitrogens with two attached hydrogens (primary N) is 1. The van der Waals surface area contributed by atoms with Crippen LogP contribution in [0, 0.1) is 0 Å². The summed E-state index contributed by atoms with van der Waals surface area (Å²) < 4.78 is 0. The van der Waals surface area contributed by atoms with E-state index in [-0.39, 0.29) is 6.42 Å². The lowest BCUT2D eigenvalue weighted by Crippen LogP contribution is -2.57. The van der Waals surface area contributed by atoms with Crippen LogP contribution in [-0.4, -0.2) is 80.2 Å². The molecule has 0 aliphatic heterocycles. The van der Waals surface area contributed by atoms with Gasteiger partial charge >= 0.3 is 11.9 Å². The van der Waals surface area contributed by atoms with Gasteiger partial charge in [0.2, 0.25) is 17.7 Å². The van der Waals surface area contributed by atoms with Crippen molar-refractivity contribution in [3.63, 3.8) is 0 Å². The maximum atomic E-state index is 12.6.